The molecule has 4 rings (SSSR count). The Morgan fingerprint density at radius 2 is 1.59 bits per heavy atom. The Hall–Kier alpha value is -1.71. The molecule has 0 aromatic heterocycles. The number of fused-ring (bicyclic) bond motifs is 3. The minimum atomic E-state index is -0.892. The van der Waals surface area contributed by atoms with Crippen LogP contribution in [0.5, 0.6) is 5.75 Å². The Bertz CT molecular complexity index is 748. The van der Waals surface area contributed by atoms with Gasteiger partial charge in [-0.2, -0.15) is 0 Å². The second-order valence-corrected chi connectivity index (χ2v) is 8.45. The normalized spacial score (nSPS) is 34.3. The number of amides is 1. The van der Waals surface area contributed by atoms with Gasteiger partial charge >= 0.3 is 0 Å². The molecule has 1 aromatic rings. The summed E-state index contributed by atoms with van der Waals surface area (Å²) in [6.45, 7) is 9.94. The van der Waals surface area contributed by atoms with E-state index in [1.54, 1.807) is 12.1 Å². The van der Waals surface area contributed by atoms with Crippen LogP contribution >= 0.6 is 0 Å². The average molecular weight is 407 g/mol. The standard InChI is InChI=1S/C21H29NO7/c1-6-11-24-13-9-7-12(8-10-13)22-18(23)16-14-15(27-20(2,3)26-14)17-19(25-16)29-21(4,5)28-17/h7-10,14-17,19H,6,11H2,1-5H3,(H,22,23)/t14-,15-,16-,17-,19-/m1/s1. The first-order chi connectivity index (χ1) is 13.7. The maximum absolute atomic E-state index is 13.0. The van der Waals surface area contributed by atoms with Crippen molar-refractivity contribution in [1.82, 2.24) is 0 Å². The van der Waals surface area contributed by atoms with Gasteiger partial charge < -0.3 is 33.7 Å². The molecule has 0 aliphatic carbocycles. The van der Waals surface area contributed by atoms with Crippen molar-refractivity contribution in [2.75, 3.05) is 11.9 Å². The van der Waals surface area contributed by atoms with Crippen LogP contribution in [0.4, 0.5) is 5.69 Å². The molecule has 0 spiro atoms. The lowest BCUT2D eigenvalue weighted by Gasteiger charge is -2.36. The van der Waals surface area contributed by atoms with E-state index in [-0.39, 0.29) is 5.91 Å². The maximum Gasteiger partial charge on any atom is 0.256 e. The van der Waals surface area contributed by atoms with Gasteiger partial charge in [-0.25, -0.2) is 0 Å². The molecule has 1 N–H and O–H groups in total. The van der Waals surface area contributed by atoms with Crippen molar-refractivity contribution >= 4 is 11.6 Å². The van der Waals surface area contributed by atoms with Gasteiger partial charge in [-0.3, -0.25) is 4.79 Å². The largest absolute Gasteiger partial charge is 0.494 e. The van der Waals surface area contributed by atoms with Crippen LogP contribution in [-0.4, -0.2) is 54.8 Å². The SMILES string of the molecule is CCCOc1ccc(NC(=O)[C@@H]2O[C@@H]3OC(C)(C)O[C@@H]3[C@@H]3OC(C)(C)O[C@H]32)cc1. The van der Waals surface area contributed by atoms with E-state index in [4.69, 9.17) is 28.4 Å². The number of anilines is 1. The molecule has 3 saturated heterocycles. The van der Waals surface area contributed by atoms with E-state index in [9.17, 15) is 4.79 Å². The Morgan fingerprint density at radius 1 is 0.966 bits per heavy atom. The van der Waals surface area contributed by atoms with Crippen LogP contribution in [0.3, 0.4) is 0 Å². The van der Waals surface area contributed by atoms with Gasteiger partial charge in [0.05, 0.1) is 6.61 Å². The molecule has 0 unspecified atom stereocenters. The molecule has 5 atom stereocenters. The lowest BCUT2D eigenvalue weighted by atomic mass is 9.98. The van der Waals surface area contributed by atoms with Crippen molar-refractivity contribution in [2.45, 2.75) is 83.3 Å². The molecule has 1 amide bonds. The van der Waals surface area contributed by atoms with Gasteiger partial charge in [-0.1, -0.05) is 6.92 Å². The van der Waals surface area contributed by atoms with Crippen molar-refractivity contribution in [3.05, 3.63) is 24.3 Å². The third kappa shape index (κ3) is 4.27. The quantitative estimate of drug-likeness (QED) is 0.803. The summed E-state index contributed by atoms with van der Waals surface area (Å²) in [6, 6.07) is 7.22. The summed E-state index contributed by atoms with van der Waals surface area (Å²) in [5, 5.41) is 2.88. The van der Waals surface area contributed by atoms with Gasteiger partial charge in [-0.15, -0.1) is 0 Å². The molecule has 3 fully saturated rings. The Balaban J connectivity index is 1.49. The van der Waals surface area contributed by atoms with E-state index in [0.29, 0.717) is 12.3 Å². The summed E-state index contributed by atoms with van der Waals surface area (Å²) in [7, 11) is 0. The molecule has 0 bridgehead atoms. The first-order valence-corrected chi connectivity index (χ1v) is 10.1. The summed E-state index contributed by atoms with van der Waals surface area (Å²) >= 11 is 0. The summed E-state index contributed by atoms with van der Waals surface area (Å²) in [5.41, 5.74) is 0.642. The van der Waals surface area contributed by atoms with Crippen LogP contribution in [0.25, 0.3) is 0 Å². The zero-order chi connectivity index (χ0) is 20.8. The van der Waals surface area contributed by atoms with Crippen LogP contribution in [0, 0.1) is 0 Å². The molecule has 8 heteroatoms. The summed E-state index contributed by atoms with van der Waals surface area (Å²) in [6.07, 6.45) is -2.19. The smallest absolute Gasteiger partial charge is 0.256 e. The minimum Gasteiger partial charge on any atom is -0.494 e. The number of hydrogen-bond donors (Lipinski definition) is 1. The van der Waals surface area contributed by atoms with Gasteiger partial charge in [0.25, 0.3) is 5.91 Å². The second-order valence-electron chi connectivity index (χ2n) is 8.45. The van der Waals surface area contributed by atoms with Crippen molar-refractivity contribution in [3.63, 3.8) is 0 Å². The summed E-state index contributed by atoms with van der Waals surface area (Å²) < 4.78 is 35.4. The lowest BCUT2D eigenvalue weighted by Crippen LogP contribution is -2.58. The van der Waals surface area contributed by atoms with Crippen molar-refractivity contribution < 1.29 is 33.2 Å². The highest BCUT2D eigenvalue weighted by Gasteiger charge is 2.62. The van der Waals surface area contributed by atoms with Crippen molar-refractivity contribution in [2.24, 2.45) is 0 Å². The number of nitrogens with one attached hydrogen (secondary N) is 1. The average Bonchev–Trinajstić information content (AvgIpc) is 3.14. The highest BCUT2D eigenvalue weighted by atomic mass is 16.9. The van der Waals surface area contributed by atoms with E-state index < -0.39 is 42.3 Å². The molecule has 0 saturated carbocycles. The molecular weight excluding hydrogens is 378 g/mol. The lowest BCUT2D eigenvalue weighted by molar-refractivity contribution is -0.229. The fourth-order valence-corrected chi connectivity index (χ4v) is 3.89. The van der Waals surface area contributed by atoms with Crippen LogP contribution < -0.4 is 10.1 Å². The maximum atomic E-state index is 13.0. The molecule has 3 aliphatic rings. The van der Waals surface area contributed by atoms with E-state index in [0.717, 1.165) is 12.2 Å². The number of benzene rings is 1. The molecule has 8 nitrogen and oxygen atoms in total. The molecule has 160 valence electrons. The summed E-state index contributed by atoms with van der Waals surface area (Å²) in [4.78, 5) is 13.0. The molecule has 3 heterocycles. The van der Waals surface area contributed by atoms with Crippen LogP contribution in [0.2, 0.25) is 0 Å². The number of carbonyl (C=O) groups excluding carboxylic acids is 1. The predicted octanol–water partition coefficient (Wildman–Crippen LogP) is 2.81. The third-order valence-electron chi connectivity index (χ3n) is 5.01. The fourth-order valence-electron chi connectivity index (χ4n) is 3.89. The van der Waals surface area contributed by atoms with Crippen LogP contribution in [-0.2, 0) is 28.5 Å². The first kappa shape index (κ1) is 20.6. The van der Waals surface area contributed by atoms with Crippen LogP contribution in [0.15, 0.2) is 24.3 Å². The molecule has 29 heavy (non-hydrogen) atoms. The minimum absolute atomic E-state index is 0.324. The Morgan fingerprint density at radius 3 is 2.28 bits per heavy atom. The van der Waals surface area contributed by atoms with Crippen molar-refractivity contribution in [1.29, 1.82) is 0 Å². The second kappa shape index (κ2) is 7.52. The number of ether oxygens (including phenoxy) is 6. The highest BCUT2D eigenvalue weighted by Crippen LogP contribution is 2.44. The third-order valence-corrected chi connectivity index (χ3v) is 5.01. The first-order valence-electron chi connectivity index (χ1n) is 10.1. The predicted molar refractivity (Wildman–Crippen MR) is 103 cm³/mol. The number of carbonyl (C=O) groups is 1. The molecular formula is C21H29NO7. The molecule has 1 aromatic carbocycles. The topological polar surface area (TPSA) is 84.5 Å². The molecule has 3 aliphatic heterocycles. The van der Waals surface area contributed by atoms with Gasteiger partial charge in [0, 0.05) is 5.69 Å². The van der Waals surface area contributed by atoms with E-state index in [1.807, 2.05) is 46.8 Å². The molecule has 0 radical (unpaired) electrons. The number of hydrogen-bond acceptors (Lipinski definition) is 7. The van der Waals surface area contributed by atoms with Gasteiger partial charge in [-0.05, 0) is 58.4 Å². The monoisotopic (exact) mass is 407 g/mol. The van der Waals surface area contributed by atoms with Crippen molar-refractivity contribution in [3.8, 4) is 5.75 Å². The highest BCUT2D eigenvalue weighted by molar-refractivity contribution is 5.94. The van der Waals surface area contributed by atoms with Gasteiger partial charge in [0.15, 0.2) is 24.0 Å². The van der Waals surface area contributed by atoms with E-state index in [1.165, 1.54) is 0 Å². The fraction of sp³-hybridized carbons (Fsp3) is 0.667. The Labute approximate surface area is 170 Å². The van der Waals surface area contributed by atoms with Gasteiger partial charge in [0.2, 0.25) is 0 Å². The zero-order valence-electron chi connectivity index (χ0n) is 17.5. The van der Waals surface area contributed by atoms with Gasteiger partial charge in [0.1, 0.15) is 24.1 Å². The Kier molecular flexibility index (Phi) is 5.33. The van der Waals surface area contributed by atoms with E-state index in [2.05, 4.69) is 5.32 Å². The number of rotatable bonds is 5. The zero-order valence-corrected chi connectivity index (χ0v) is 17.5. The van der Waals surface area contributed by atoms with E-state index >= 15 is 0 Å². The summed E-state index contributed by atoms with van der Waals surface area (Å²) in [5.74, 6) is -1.24. The van der Waals surface area contributed by atoms with Crippen LogP contribution in [0.1, 0.15) is 41.0 Å².